The van der Waals surface area contributed by atoms with Crippen molar-refractivity contribution in [3.05, 3.63) is 177 Å². The minimum absolute atomic E-state index is 0.0745. The van der Waals surface area contributed by atoms with Gasteiger partial charge in [0.15, 0.2) is 0 Å². The molecule has 0 radical (unpaired) electrons. The van der Waals surface area contributed by atoms with E-state index >= 15 is 0 Å². The molecule has 10 rings (SSSR count). The molecule has 2 atom stereocenters. The van der Waals surface area contributed by atoms with Gasteiger partial charge in [-0.25, -0.2) is 0 Å². The molecule has 5 heterocycles. The Balaban J connectivity index is 0.000000180. The summed E-state index contributed by atoms with van der Waals surface area (Å²) in [4.78, 5) is 17.5. The Labute approximate surface area is 552 Å². The second kappa shape index (κ2) is 39.6. The minimum Gasteiger partial charge on any atom is -0.393 e. The van der Waals surface area contributed by atoms with Crippen LogP contribution in [0.25, 0.3) is 0 Å². The van der Waals surface area contributed by atoms with Crippen molar-refractivity contribution in [3.63, 3.8) is 0 Å². The molecule has 11 heteroatoms. The fraction of sp³-hybridized carbons (Fsp3) is 0.620. The summed E-state index contributed by atoms with van der Waals surface area (Å²) in [5.74, 6) is 3.84. The van der Waals surface area contributed by atoms with Crippen molar-refractivity contribution in [2.75, 3.05) is 119 Å². The Morgan fingerprint density at radius 2 is 0.700 bits per heavy atom. The van der Waals surface area contributed by atoms with Gasteiger partial charge in [-0.3, -0.25) is 28.7 Å². The molecule has 0 saturated carbocycles. The van der Waals surface area contributed by atoms with Crippen LogP contribution in [0.4, 0.5) is 0 Å². The number of aliphatic hydroxyl groups is 1. The SMILES string of the molecule is CC(C)c1ccc(CCS(C)=O)cc1.CC(C)c1ccc(CN2CCC(N(C)C)C2)cc1.CC(C)c1ccc(CN2CCC(N(C)C)CC2)cc1.CC(C)c1ccc(CN2CCC(N3CCOCC3)CC2)cc1.CC(C)c1ccc(CN2CCC(O)CC2)cc1. The highest BCUT2D eigenvalue weighted by Gasteiger charge is 2.27. The molecular weight excluding hydrogens is 1130 g/mol. The van der Waals surface area contributed by atoms with E-state index in [4.69, 9.17) is 4.74 Å². The smallest absolute Gasteiger partial charge is 0.0594 e. The molecule has 0 amide bonds. The first kappa shape index (κ1) is 74.9. The number of ether oxygens (including phenoxy) is 1. The van der Waals surface area contributed by atoms with Crippen molar-refractivity contribution in [1.29, 1.82) is 0 Å². The summed E-state index contributed by atoms with van der Waals surface area (Å²) in [6, 6.07) is 47.4. The van der Waals surface area contributed by atoms with Gasteiger partial charge in [-0.1, -0.05) is 191 Å². The summed E-state index contributed by atoms with van der Waals surface area (Å²) in [6.07, 6.45) is 11.0. The third-order valence-electron chi connectivity index (χ3n) is 19.5. The number of piperidine rings is 3. The zero-order valence-corrected chi connectivity index (χ0v) is 60.0. The first-order valence-corrected chi connectivity index (χ1v) is 36.8. The molecule has 5 aromatic carbocycles. The van der Waals surface area contributed by atoms with Gasteiger partial charge in [-0.15, -0.1) is 0 Å². The molecule has 5 aliphatic heterocycles. The van der Waals surface area contributed by atoms with Crippen LogP contribution in [0, 0.1) is 0 Å². The molecule has 5 aliphatic rings. The zero-order chi connectivity index (χ0) is 65.1. The van der Waals surface area contributed by atoms with Gasteiger partial charge in [0.05, 0.1) is 19.3 Å². The molecule has 0 aliphatic carbocycles. The van der Waals surface area contributed by atoms with E-state index in [1.165, 1.54) is 127 Å². The monoisotopic (exact) mass is 1250 g/mol. The van der Waals surface area contributed by atoms with Crippen molar-refractivity contribution < 1.29 is 14.1 Å². The number of benzene rings is 5. The van der Waals surface area contributed by atoms with Crippen molar-refractivity contribution >= 4 is 10.8 Å². The van der Waals surface area contributed by atoms with Gasteiger partial charge in [0, 0.05) is 106 Å². The van der Waals surface area contributed by atoms with Gasteiger partial charge < -0.3 is 19.6 Å². The minimum atomic E-state index is -0.680. The second-order valence-corrected chi connectivity index (χ2v) is 30.3. The Morgan fingerprint density at radius 1 is 0.411 bits per heavy atom. The standard InChI is InChI=1S/C19H30N2O.C17H28N2.C16H26N2.C15H23NO.C12H18OS/c1-16(2)18-5-3-17(4-6-18)15-20-9-7-19(8-10-20)21-11-13-22-14-12-21;1-14(2)16-7-5-15(6-8-16)13-19-11-9-17(10-12-19)18(3)4;1-13(2)15-7-5-14(6-8-15)11-18-10-9-16(12-18)17(3)4;1-12(2)14-5-3-13(4-6-14)11-16-9-7-15(17)8-10-16;1-10(2)12-6-4-11(5-7-12)8-9-14(3)13/h3-6,16,19H,7-15H2,1-2H3;5-8,14,17H,9-13H2,1-4H3;5-8,13,16H,9-12H2,1-4H3;3-6,12,15,17H,7-11H2,1-2H3;4-7,10H,8-9H2,1-3H3. The quantitative estimate of drug-likeness (QED) is 0.0865. The van der Waals surface area contributed by atoms with Crippen LogP contribution in [0.3, 0.4) is 0 Å². The lowest BCUT2D eigenvalue weighted by molar-refractivity contribution is 0.000230. The number of nitrogens with zero attached hydrogens (tertiary/aromatic N) is 7. The Kier molecular flexibility index (Phi) is 32.9. The molecule has 0 bridgehead atoms. The van der Waals surface area contributed by atoms with Crippen LogP contribution in [0.1, 0.15) is 199 Å². The fourth-order valence-electron chi connectivity index (χ4n) is 12.8. The molecule has 90 heavy (non-hydrogen) atoms. The summed E-state index contributed by atoms with van der Waals surface area (Å²) >= 11 is 0. The number of likely N-dealkylation sites (tertiary alicyclic amines) is 4. The van der Waals surface area contributed by atoms with Crippen LogP contribution in [0.15, 0.2) is 121 Å². The molecule has 0 spiro atoms. The normalized spacial score (nSPS) is 19.2. The van der Waals surface area contributed by atoms with Gasteiger partial charge in [0.25, 0.3) is 0 Å². The third-order valence-corrected chi connectivity index (χ3v) is 20.3. The fourth-order valence-corrected chi connectivity index (χ4v) is 13.4. The van der Waals surface area contributed by atoms with E-state index in [2.05, 4.69) is 253 Å². The lowest BCUT2D eigenvalue weighted by atomic mass is 10.00. The van der Waals surface area contributed by atoms with Crippen LogP contribution in [0.2, 0.25) is 0 Å². The van der Waals surface area contributed by atoms with Crippen molar-refractivity contribution in [3.8, 4) is 0 Å². The average Bonchev–Trinajstić information content (AvgIpc) is 3.97. The van der Waals surface area contributed by atoms with E-state index in [0.29, 0.717) is 29.6 Å². The summed E-state index contributed by atoms with van der Waals surface area (Å²) < 4.78 is 16.4. The molecule has 1 N–H and O–H groups in total. The first-order chi connectivity index (χ1) is 43.1. The molecular formula is C79H125N7O3S. The van der Waals surface area contributed by atoms with E-state index in [1.807, 2.05) is 0 Å². The van der Waals surface area contributed by atoms with Crippen molar-refractivity contribution in [1.82, 2.24) is 34.3 Å². The maximum atomic E-state index is 10.9. The van der Waals surface area contributed by atoms with E-state index in [1.54, 1.807) is 6.26 Å². The Hall–Kier alpha value is -4.11. The van der Waals surface area contributed by atoms with Crippen LogP contribution < -0.4 is 0 Å². The molecule has 5 fully saturated rings. The number of aliphatic hydroxyl groups excluding tert-OH is 1. The second-order valence-electron chi connectivity index (χ2n) is 28.8. The summed E-state index contributed by atoms with van der Waals surface area (Å²) in [6.45, 7) is 40.2. The largest absolute Gasteiger partial charge is 0.393 e. The van der Waals surface area contributed by atoms with Gasteiger partial charge in [0.1, 0.15) is 0 Å². The van der Waals surface area contributed by atoms with E-state index < -0.39 is 10.8 Å². The van der Waals surface area contributed by atoms with Crippen LogP contribution in [0.5, 0.6) is 0 Å². The Morgan fingerprint density at radius 3 is 1.01 bits per heavy atom. The average molecular weight is 1250 g/mol. The predicted molar refractivity (Wildman–Crippen MR) is 386 cm³/mol. The van der Waals surface area contributed by atoms with Gasteiger partial charge in [-0.05, 0) is 191 Å². The Bertz CT molecular complexity index is 2700. The van der Waals surface area contributed by atoms with E-state index in [9.17, 15) is 9.32 Å². The number of rotatable bonds is 19. The maximum Gasteiger partial charge on any atom is 0.0594 e. The highest BCUT2D eigenvalue weighted by Crippen LogP contribution is 2.25. The maximum absolute atomic E-state index is 10.9. The predicted octanol–water partition coefficient (Wildman–Crippen LogP) is 14.9. The number of likely N-dealkylation sites (N-methyl/N-ethyl adjacent to an activating group) is 1. The number of hydrogen-bond acceptors (Lipinski definition) is 10. The molecule has 10 nitrogen and oxygen atoms in total. The lowest BCUT2D eigenvalue weighted by Crippen LogP contribution is -2.48. The van der Waals surface area contributed by atoms with Crippen LogP contribution in [-0.4, -0.2) is 187 Å². The zero-order valence-electron chi connectivity index (χ0n) is 59.2. The van der Waals surface area contributed by atoms with Crippen LogP contribution in [-0.2, 0) is 48.1 Å². The lowest BCUT2D eigenvalue weighted by Gasteiger charge is -2.40. The number of aryl methyl sites for hydroxylation is 1. The number of morpholine rings is 1. The highest BCUT2D eigenvalue weighted by atomic mass is 32.2. The van der Waals surface area contributed by atoms with E-state index in [-0.39, 0.29) is 6.10 Å². The van der Waals surface area contributed by atoms with Crippen molar-refractivity contribution in [2.45, 2.75) is 201 Å². The summed E-state index contributed by atoms with van der Waals surface area (Å²) in [5.41, 5.74) is 14.1. The van der Waals surface area contributed by atoms with Gasteiger partial charge >= 0.3 is 0 Å². The topological polar surface area (TPSA) is 69.2 Å². The van der Waals surface area contributed by atoms with Crippen LogP contribution >= 0.6 is 0 Å². The van der Waals surface area contributed by atoms with E-state index in [0.717, 1.165) is 109 Å². The molecule has 500 valence electrons. The summed E-state index contributed by atoms with van der Waals surface area (Å²) in [7, 11) is 8.09. The third kappa shape index (κ3) is 27.1. The molecule has 5 saturated heterocycles. The van der Waals surface area contributed by atoms with Gasteiger partial charge in [0.2, 0.25) is 0 Å². The summed E-state index contributed by atoms with van der Waals surface area (Å²) in [5, 5.41) is 9.46. The number of hydrogen-bond donors (Lipinski definition) is 1. The van der Waals surface area contributed by atoms with Crippen molar-refractivity contribution in [2.24, 2.45) is 0 Å². The highest BCUT2D eigenvalue weighted by molar-refractivity contribution is 7.84. The first-order valence-electron chi connectivity index (χ1n) is 35.0. The molecule has 5 aromatic rings. The molecule has 0 aromatic heterocycles. The molecule has 2 unspecified atom stereocenters. The van der Waals surface area contributed by atoms with Gasteiger partial charge in [-0.2, -0.15) is 0 Å².